The number of aromatic nitrogens is 3. The van der Waals surface area contributed by atoms with Crippen LogP contribution in [-0.4, -0.2) is 58.0 Å². The quantitative estimate of drug-likeness (QED) is 0.261. The SMILES string of the molecule is COc1cccc2[nH]c(C(=O)C[C@@H](CC(C)C)C(=O)N[C@@H](C[C@@H]3CCCCC3=O)C(=O)COc3cnc(C#N)cn3)cc12. The maximum Gasteiger partial charge on any atom is 0.232 e. The highest BCUT2D eigenvalue weighted by Gasteiger charge is 2.33. The second kappa shape index (κ2) is 14.5. The topological polar surface area (TPSA) is 164 Å². The third-order valence-corrected chi connectivity index (χ3v) is 7.71. The lowest BCUT2D eigenvalue weighted by molar-refractivity contribution is -0.133. The molecule has 2 heterocycles. The van der Waals surface area contributed by atoms with Crippen molar-refractivity contribution in [1.29, 1.82) is 5.26 Å². The molecule has 0 unspecified atom stereocenters. The Kier molecular flexibility index (Phi) is 10.6. The van der Waals surface area contributed by atoms with E-state index in [1.54, 1.807) is 13.2 Å². The molecule has 0 aliphatic heterocycles. The fourth-order valence-electron chi connectivity index (χ4n) is 5.48. The number of aromatic amines is 1. The van der Waals surface area contributed by atoms with E-state index < -0.39 is 30.3 Å². The number of rotatable bonds is 14. The van der Waals surface area contributed by atoms with E-state index in [1.807, 2.05) is 38.1 Å². The molecule has 0 spiro atoms. The van der Waals surface area contributed by atoms with E-state index in [1.165, 1.54) is 12.4 Å². The molecule has 1 saturated carbocycles. The van der Waals surface area contributed by atoms with Gasteiger partial charge in [0.15, 0.2) is 23.9 Å². The minimum atomic E-state index is -0.979. The smallest absolute Gasteiger partial charge is 0.232 e. The number of Topliss-reactive ketones (excluding diaryl/α,β-unsaturated/α-hetero) is 3. The summed E-state index contributed by atoms with van der Waals surface area (Å²) in [6.45, 7) is 3.53. The van der Waals surface area contributed by atoms with E-state index in [-0.39, 0.29) is 47.8 Å². The van der Waals surface area contributed by atoms with Gasteiger partial charge in [-0.3, -0.25) is 19.2 Å². The van der Waals surface area contributed by atoms with Crippen LogP contribution < -0.4 is 14.8 Å². The first-order valence-electron chi connectivity index (χ1n) is 14.6. The summed E-state index contributed by atoms with van der Waals surface area (Å²) >= 11 is 0. The van der Waals surface area contributed by atoms with E-state index >= 15 is 0 Å². The molecule has 2 aromatic heterocycles. The predicted molar refractivity (Wildman–Crippen MR) is 158 cm³/mol. The van der Waals surface area contributed by atoms with E-state index in [9.17, 15) is 19.2 Å². The van der Waals surface area contributed by atoms with Crippen LogP contribution in [0, 0.1) is 29.1 Å². The molecule has 11 heteroatoms. The number of nitrogens with zero attached hydrogens (tertiary/aromatic N) is 3. The maximum absolute atomic E-state index is 13.7. The van der Waals surface area contributed by atoms with Crippen molar-refractivity contribution in [3.05, 3.63) is 48.0 Å². The number of fused-ring (bicyclic) bond motifs is 1. The Hall–Kier alpha value is -4.59. The molecule has 3 aromatic rings. The van der Waals surface area contributed by atoms with Gasteiger partial charge in [-0.1, -0.05) is 26.3 Å². The van der Waals surface area contributed by atoms with Gasteiger partial charge in [0, 0.05) is 35.6 Å². The first-order valence-corrected chi connectivity index (χ1v) is 14.6. The highest BCUT2D eigenvalue weighted by molar-refractivity contribution is 6.02. The van der Waals surface area contributed by atoms with Gasteiger partial charge in [0.2, 0.25) is 11.8 Å². The third kappa shape index (κ3) is 8.25. The van der Waals surface area contributed by atoms with Crippen LogP contribution in [-0.2, 0) is 14.4 Å². The van der Waals surface area contributed by atoms with Gasteiger partial charge >= 0.3 is 0 Å². The number of ether oxygens (including phenoxy) is 2. The molecular weight excluding hydrogens is 550 g/mol. The molecule has 1 aromatic carbocycles. The average molecular weight is 588 g/mol. The number of carbonyl (C=O) groups is 4. The van der Waals surface area contributed by atoms with Crippen LogP contribution in [0.5, 0.6) is 11.6 Å². The predicted octanol–water partition coefficient (Wildman–Crippen LogP) is 4.36. The number of hydrogen-bond donors (Lipinski definition) is 2. The normalized spacial score (nSPS) is 16.3. The van der Waals surface area contributed by atoms with Crippen molar-refractivity contribution in [2.45, 2.75) is 64.8 Å². The standard InChI is InChI=1S/C32H37N5O6/c1-19(2)11-21(13-28(39)26-14-23-24(36-26)8-6-10-30(23)42-3)32(41)37-25(12-20-7-4-5-9-27(20)38)29(40)18-43-31-17-34-22(15-33)16-35-31/h6,8,10,14,16-17,19-21,25,36H,4-5,7,9,11-13,18H2,1-3H3,(H,37,41)/t20-,21+,25-/m0/s1. The summed E-state index contributed by atoms with van der Waals surface area (Å²) in [5.41, 5.74) is 1.23. The first kappa shape index (κ1) is 31.3. The molecule has 0 radical (unpaired) electrons. The number of nitrogens with one attached hydrogen (secondary N) is 2. The molecule has 0 bridgehead atoms. The molecule has 3 atom stereocenters. The van der Waals surface area contributed by atoms with E-state index in [0.717, 1.165) is 23.7 Å². The lowest BCUT2D eigenvalue weighted by Gasteiger charge is -2.27. The van der Waals surface area contributed by atoms with Gasteiger partial charge in [0.05, 0.1) is 31.2 Å². The highest BCUT2D eigenvalue weighted by Crippen LogP contribution is 2.28. The Balaban J connectivity index is 1.50. The van der Waals surface area contributed by atoms with Crippen LogP contribution in [0.2, 0.25) is 0 Å². The van der Waals surface area contributed by atoms with Gasteiger partial charge in [-0.25, -0.2) is 9.97 Å². The molecular formula is C32H37N5O6. The van der Waals surface area contributed by atoms with Crippen LogP contribution in [0.3, 0.4) is 0 Å². The number of ketones is 3. The summed E-state index contributed by atoms with van der Waals surface area (Å²) in [6, 6.07) is 8.10. The fourth-order valence-corrected chi connectivity index (χ4v) is 5.48. The van der Waals surface area contributed by atoms with E-state index in [0.29, 0.717) is 30.7 Å². The summed E-state index contributed by atoms with van der Waals surface area (Å²) in [7, 11) is 1.56. The molecule has 11 nitrogen and oxygen atoms in total. The second-order valence-electron chi connectivity index (χ2n) is 11.4. The molecule has 1 aliphatic carbocycles. The average Bonchev–Trinajstić information content (AvgIpc) is 3.45. The minimum Gasteiger partial charge on any atom is -0.496 e. The summed E-state index contributed by atoms with van der Waals surface area (Å²) in [6.07, 6.45) is 5.82. The summed E-state index contributed by atoms with van der Waals surface area (Å²) < 4.78 is 10.9. The van der Waals surface area contributed by atoms with Gasteiger partial charge in [-0.05, 0) is 49.8 Å². The van der Waals surface area contributed by atoms with Crippen LogP contribution >= 0.6 is 0 Å². The molecule has 226 valence electrons. The Morgan fingerprint density at radius 3 is 2.67 bits per heavy atom. The fraction of sp³-hybridized carbons (Fsp3) is 0.469. The van der Waals surface area contributed by atoms with Crippen molar-refractivity contribution in [3.63, 3.8) is 0 Å². The van der Waals surface area contributed by atoms with Crippen molar-refractivity contribution in [2.75, 3.05) is 13.7 Å². The molecule has 43 heavy (non-hydrogen) atoms. The van der Waals surface area contributed by atoms with Crippen molar-refractivity contribution >= 4 is 34.2 Å². The summed E-state index contributed by atoms with van der Waals surface area (Å²) in [5.74, 6) is -1.22. The molecule has 1 aliphatic rings. The number of methoxy groups -OCH3 is 1. The second-order valence-corrected chi connectivity index (χ2v) is 11.4. The number of H-pyrrole nitrogens is 1. The number of benzene rings is 1. The van der Waals surface area contributed by atoms with Crippen molar-refractivity contribution in [3.8, 4) is 17.7 Å². The van der Waals surface area contributed by atoms with Crippen LogP contribution in [0.4, 0.5) is 0 Å². The maximum atomic E-state index is 13.7. The van der Waals surface area contributed by atoms with Crippen LogP contribution in [0.1, 0.15) is 75.0 Å². The van der Waals surface area contributed by atoms with Crippen molar-refractivity contribution in [1.82, 2.24) is 20.3 Å². The van der Waals surface area contributed by atoms with E-state index in [2.05, 4.69) is 20.3 Å². The lowest BCUT2D eigenvalue weighted by atomic mass is 9.82. The molecule has 4 rings (SSSR count). The van der Waals surface area contributed by atoms with Crippen molar-refractivity contribution in [2.24, 2.45) is 17.8 Å². The Bertz CT molecular complexity index is 1510. The van der Waals surface area contributed by atoms with Gasteiger partial charge < -0.3 is 19.8 Å². The number of carbonyl (C=O) groups excluding carboxylic acids is 4. The Morgan fingerprint density at radius 2 is 2.00 bits per heavy atom. The summed E-state index contributed by atoms with van der Waals surface area (Å²) in [5, 5.41) is 12.5. The number of nitriles is 1. The van der Waals surface area contributed by atoms with Crippen molar-refractivity contribution < 1.29 is 28.7 Å². The third-order valence-electron chi connectivity index (χ3n) is 7.71. The molecule has 1 fully saturated rings. The van der Waals surface area contributed by atoms with Crippen LogP contribution in [0.25, 0.3) is 10.9 Å². The number of amides is 1. The zero-order chi connectivity index (χ0) is 30.9. The highest BCUT2D eigenvalue weighted by atomic mass is 16.5. The Labute approximate surface area is 250 Å². The molecule has 0 saturated heterocycles. The number of hydrogen-bond acceptors (Lipinski definition) is 9. The lowest BCUT2D eigenvalue weighted by Crippen LogP contribution is -2.47. The Morgan fingerprint density at radius 1 is 1.19 bits per heavy atom. The van der Waals surface area contributed by atoms with Gasteiger partial charge in [0.1, 0.15) is 17.6 Å². The zero-order valence-corrected chi connectivity index (χ0v) is 24.7. The van der Waals surface area contributed by atoms with E-state index in [4.69, 9.17) is 14.7 Å². The zero-order valence-electron chi connectivity index (χ0n) is 24.7. The molecule has 1 amide bonds. The van der Waals surface area contributed by atoms with Gasteiger partial charge in [-0.15, -0.1) is 0 Å². The van der Waals surface area contributed by atoms with Gasteiger partial charge in [-0.2, -0.15) is 5.26 Å². The van der Waals surface area contributed by atoms with Gasteiger partial charge in [0.25, 0.3) is 0 Å². The molecule has 2 N–H and O–H groups in total. The minimum absolute atomic E-state index is 0.0558. The first-order chi connectivity index (χ1) is 20.7. The van der Waals surface area contributed by atoms with Crippen LogP contribution in [0.15, 0.2) is 36.7 Å². The largest absolute Gasteiger partial charge is 0.496 e. The summed E-state index contributed by atoms with van der Waals surface area (Å²) in [4.78, 5) is 64.0. The monoisotopic (exact) mass is 587 g/mol.